The highest BCUT2D eigenvalue weighted by molar-refractivity contribution is 9.11. The Labute approximate surface area is 114 Å². The molecule has 0 bridgehead atoms. The zero-order valence-electron chi connectivity index (χ0n) is 9.56. The molecule has 1 aromatic rings. The normalized spacial score (nSPS) is 17.4. The number of carbonyl (C=O) groups excluding carboxylic acids is 1. The van der Waals surface area contributed by atoms with Gasteiger partial charge >= 0.3 is 0 Å². The Hall–Kier alpha value is -0.430. The van der Waals surface area contributed by atoms with Gasteiger partial charge in [0.15, 0.2) is 0 Å². The summed E-state index contributed by atoms with van der Waals surface area (Å²) in [5.74, 6) is 0.0588. The first-order valence-corrected chi connectivity index (χ1v) is 7.24. The molecule has 0 atom stereocenters. The second kappa shape index (κ2) is 5.95. The maximum absolute atomic E-state index is 11.4. The number of amides is 1. The average molecular weight is 318 g/mol. The van der Waals surface area contributed by atoms with Crippen LogP contribution in [0.25, 0.3) is 0 Å². The molecule has 1 fully saturated rings. The van der Waals surface area contributed by atoms with E-state index >= 15 is 0 Å². The van der Waals surface area contributed by atoms with Crippen molar-refractivity contribution in [1.82, 2.24) is 9.80 Å². The van der Waals surface area contributed by atoms with Crippen LogP contribution < -0.4 is 5.73 Å². The Kier molecular flexibility index (Phi) is 4.55. The van der Waals surface area contributed by atoms with Gasteiger partial charge in [-0.3, -0.25) is 9.69 Å². The average Bonchev–Trinajstić information content (AvgIpc) is 2.75. The molecule has 1 saturated heterocycles. The molecule has 0 spiro atoms. The molecule has 0 radical (unpaired) electrons. The molecular weight excluding hydrogens is 302 g/mol. The SMILES string of the molecule is NCC(=O)N1CCN(Cc2ccc(Br)s2)CC1. The molecule has 17 heavy (non-hydrogen) atoms. The lowest BCUT2D eigenvalue weighted by molar-refractivity contribution is -0.131. The van der Waals surface area contributed by atoms with Crippen molar-refractivity contribution in [3.8, 4) is 0 Å². The van der Waals surface area contributed by atoms with E-state index in [2.05, 4.69) is 33.0 Å². The number of carbonyl (C=O) groups is 1. The highest BCUT2D eigenvalue weighted by Gasteiger charge is 2.20. The first-order chi connectivity index (χ1) is 8.19. The van der Waals surface area contributed by atoms with Crippen LogP contribution in [0.15, 0.2) is 15.9 Å². The van der Waals surface area contributed by atoms with E-state index in [1.54, 1.807) is 11.3 Å². The lowest BCUT2D eigenvalue weighted by Crippen LogP contribution is -2.49. The minimum atomic E-state index is 0.0588. The molecular formula is C11H16BrN3OS. The highest BCUT2D eigenvalue weighted by atomic mass is 79.9. The monoisotopic (exact) mass is 317 g/mol. The van der Waals surface area contributed by atoms with Crippen LogP contribution in [0.4, 0.5) is 0 Å². The predicted molar refractivity (Wildman–Crippen MR) is 72.9 cm³/mol. The lowest BCUT2D eigenvalue weighted by Gasteiger charge is -2.34. The van der Waals surface area contributed by atoms with Gasteiger partial charge in [0.25, 0.3) is 0 Å². The molecule has 2 heterocycles. The van der Waals surface area contributed by atoms with E-state index in [9.17, 15) is 4.79 Å². The zero-order chi connectivity index (χ0) is 12.3. The number of halogens is 1. The number of nitrogens with zero attached hydrogens (tertiary/aromatic N) is 2. The third kappa shape index (κ3) is 3.51. The zero-order valence-corrected chi connectivity index (χ0v) is 12.0. The van der Waals surface area contributed by atoms with Gasteiger partial charge in [-0.2, -0.15) is 0 Å². The number of hydrogen-bond acceptors (Lipinski definition) is 4. The minimum Gasteiger partial charge on any atom is -0.339 e. The van der Waals surface area contributed by atoms with Crippen molar-refractivity contribution in [2.24, 2.45) is 5.73 Å². The smallest absolute Gasteiger partial charge is 0.236 e. The minimum absolute atomic E-state index is 0.0588. The van der Waals surface area contributed by atoms with E-state index < -0.39 is 0 Å². The van der Waals surface area contributed by atoms with Gasteiger partial charge in [0.05, 0.1) is 10.3 Å². The summed E-state index contributed by atoms with van der Waals surface area (Å²) in [5, 5.41) is 0. The van der Waals surface area contributed by atoms with Crippen LogP contribution >= 0.6 is 27.3 Å². The fourth-order valence-electron chi connectivity index (χ4n) is 1.94. The summed E-state index contributed by atoms with van der Waals surface area (Å²) in [6.07, 6.45) is 0. The van der Waals surface area contributed by atoms with E-state index in [0.29, 0.717) is 0 Å². The van der Waals surface area contributed by atoms with Gasteiger partial charge in [0, 0.05) is 37.6 Å². The summed E-state index contributed by atoms with van der Waals surface area (Å²) < 4.78 is 1.17. The maximum atomic E-state index is 11.4. The Morgan fingerprint density at radius 1 is 1.35 bits per heavy atom. The van der Waals surface area contributed by atoms with Crippen LogP contribution in [0.3, 0.4) is 0 Å². The fourth-order valence-corrected chi connectivity index (χ4v) is 3.47. The molecule has 94 valence electrons. The molecule has 2 rings (SSSR count). The van der Waals surface area contributed by atoms with Crippen LogP contribution in [-0.2, 0) is 11.3 Å². The van der Waals surface area contributed by atoms with E-state index in [4.69, 9.17) is 5.73 Å². The summed E-state index contributed by atoms with van der Waals surface area (Å²) >= 11 is 5.24. The number of hydrogen-bond donors (Lipinski definition) is 1. The highest BCUT2D eigenvalue weighted by Crippen LogP contribution is 2.23. The third-order valence-electron chi connectivity index (χ3n) is 2.91. The van der Waals surface area contributed by atoms with Crippen molar-refractivity contribution >= 4 is 33.2 Å². The van der Waals surface area contributed by atoms with Gasteiger partial charge in [-0.15, -0.1) is 11.3 Å². The Morgan fingerprint density at radius 3 is 2.59 bits per heavy atom. The summed E-state index contributed by atoms with van der Waals surface area (Å²) in [7, 11) is 0. The molecule has 1 aliphatic heterocycles. The first-order valence-electron chi connectivity index (χ1n) is 5.63. The van der Waals surface area contributed by atoms with Gasteiger partial charge < -0.3 is 10.6 Å². The summed E-state index contributed by atoms with van der Waals surface area (Å²) in [5.41, 5.74) is 5.36. The second-order valence-corrected chi connectivity index (χ2v) is 6.61. The van der Waals surface area contributed by atoms with Crippen molar-refractivity contribution in [2.75, 3.05) is 32.7 Å². The van der Waals surface area contributed by atoms with Gasteiger partial charge in [-0.25, -0.2) is 0 Å². The molecule has 0 unspecified atom stereocenters. The summed E-state index contributed by atoms with van der Waals surface area (Å²) in [4.78, 5) is 17.0. The summed E-state index contributed by atoms with van der Waals surface area (Å²) in [6.45, 7) is 4.55. The van der Waals surface area contributed by atoms with Crippen LogP contribution in [0, 0.1) is 0 Å². The van der Waals surface area contributed by atoms with Gasteiger partial charge in [0.2, 0.25) is 5.91 Å². The maximum Gasteiger partial charge on any atom is 0.236 e. The molecule has 0 saturated carbocycles. The standard InChI is InChI=1S/C11H16BrN3OS/c12-10-2-1-9(17-10)8-14-3-5-15(6-4-14)11(16)7-13/h1-2H,3-8,13H2. The van der Waals surface area contributed by atoms with Crippen molar-refractivity contribution in [2.45, 2.75) is 6.54 Å². The van der Waals surface area contributed by atoms with Crippen molar-refractivity contribution in [3.63, 3.8) is 0 Å². The molecule has 6 heteroatoms. The quantitative estimate of drug-likeness (QED) is 0.908. The Bertz CT molecular complexity index is 388. The van der Waals surface area contributed by atoms with E-state index in [-0.39, 0.29) is 12.5 Å². The Balaban J connectivity index is 1.81. The lowest BCUT2D eigenvalue weighted by atomic mass is 10.3. The predicted octanol–water partition coefficient (Wildman–Crippen LogP) is 1.11. The van der Waals surface area contributed by atoms with Crippen molar-refractivity contribution < 1.29 is 4.79 Å². The van der Waals surface area contributed by atoms with Crippen LogP contribution in [0.2, 0.25) is 0 Å². The third-order valence-corrected chi connectivity index (χ3v) is 4.52. The van der Waals surface area contributed by atoms with Gasteiger partial charge in [-0.1, -0.05) is 0 Å². The fraction of sp³-hybridized carbons (Fsp3) is 0.545. The van der Waals surface area contributed by atoms with E-state index in [1.165, 1.54) is 8.66 Å². The van der Waals surface area contributed by atoms with Crippen LogP contribution in [-0.4, -0.2) is 48.4 Å². The molecule has 0 aromatic carbocycles. The molecule has 1 amide bonds. The largest absolute Gasteiger partial charge is 0.339 e. The molecule has 4 nitrogen and oxygen atoms in total. The number of nitrogens with two attached hydrogens (primary N) is 1. The van der Waals surface area contributed by atoms with Crippen molar-refractivity contribution in [3.05, 3.63) is 20.8 Å². The molecule has 1 aliphatic rings. The molecule has 2 N–H and O–H groups in total. The second-order valence-electron chi connectivity index (χ2n) is 4.07. The topological polar surface area (TPSA) is 49.6 Å². The van der Waals surface area contributed by atoms with Crippen LogP contribution in [0.5, 0.6) is 0 Å². The number of piperazine rings is 1. The van der Waals surface area contributed by atoms with Crippen LogP contribution in [0.1, 0.15) is 4.88 Å². The van der Waals surface area contributed by atoms with E-state index in [1.807, 2.05) is 4.90 Å². The number of thiophene rings is 1. The van der Waals surface area contributed by atoms with Gasteiger partial charge in [-0.05, 0) is 28.1 Å². The first kappa shape index (κ1) is 13.0. The van der Waals surface area contributed by atoms with E-state index in [0.717, 1.165) is 32.7 Å². The summed E-state index contributed by atoms with van der Waals surface area (Å²) in [6, 6.07) is 4.22. The van der Waals surface area contributed by atoms with Crippen molar-refractivity contribution in [1.29, 1.82) is 0 Å². The number of rotatable bonds is 3. The van der Waals surface area contributed by atoms with Gasteiger partial charge in [0.1, 0.15) is 0 Å². The molecule has 0 aliphatic carbocycles. The Morgan fingerprint density at radius 2 is 2.06 bits per heavy atom. The molecule has 1 aromatic heterocycles.